The van der Waals surface area contributed by atoms with E-state index in [1.807, 2.05) is 30.1 Å². The van der Waals surface area contributed by atoms with Crippen molar-refractivity contribution in [2.75, 3.05) is 0 Å². The molecule has 0 radical (unpaired) electrons. The van der Waals surface area contributed by atoms with Crippen LogP contribution in [0.5, 0.6) is 0 Å². The minimum absolute atomic E-state index is 0.685. The van der Waals surface area contributed by atoms with Crippen LogP contribution in [0.1, 0.15) is 18.3 Å². The Hall–Kier alpha value is -1.71. The van der Waals surface area contributed by atoms with Gasteiger partial charge in [0, 0.05) is 31.2 Å². The van der Waals surface area contributed by atoms with E-state index in [0.717, 1.165) is 17.8 Å². The SMILES string of the molecule is CCc1nccn1-c1ncc(C)cn1. The van der Waals surface area contributed by atoms with Gasteiger partial charge in [0.15, 0.2) is 0 Å². The van der Waals surface area contributed by atoms with Gasteiger partial charge in [-0.25, -0.2) is 15.0 Å². The normalized spacial score (nSPS) is 10.4. The maximum absolute atomic E-state index is 4.24. The van der Waals surface area contributed by atoms with Crippen molar-refractivity contribution in [3.05, 3.63) is 36.2 Å². The number of imidazole rings is 1. The molecule has 0 saturated heterocycles. The maximum atomic E-state index is 4.24. The monoisotopic (exact) mass is 188 g/mol. The van der Waals surface area contributed by atoms with Crippen LogP contribution in [0.15, 0.2) is 24.8 Å². The smallest absolute Gasteiger partial charge is 0.235 e. The molecule has 0 aliphatic rings. The predicted octanol–water partition coefficient (Wildman–Crippen LogP) is 1.53. The summed E-state index contributed by atoms with van der Waals surface area (Å²) in [4.78, 5) is 12.7. The fraction of sp³-hybridized carbons (Fsp3) is 0.300. The van der Waals surface area contributed by atoms with Crippen LogP contribution in [-0.4, -0.2) is 19.5 Å². The highest BCUT2D eigenvalue weighted by atomic mass is 15.2. The van der Waals surface area contributed by atoms with E-state index in [4.69, 9.17) is 0 Å². The number of aryl methyl sites for hydroxylation is 2. The first kappa shape index (κ1) is 8.87. The van der Waals surface area contributed by atoms with E-state index in [2.05, 4.69) is 21.9 Å². The zero-order valence-corrected chi connectivity index (χ0v) is 8.31. The molecule has 14 heavy (non-hydrogen) atoms. The average Bonchev–Trinajstić information content (AvgIpc) is 2.67. The number of hydrogen-bond donors (Lipinski definition) is 0. The summed E-state index contributed by atoms with van der Waals surface area (Å²) in [5, 5.41) is 0. The second-order valence-electron chi connectivity index (χ2n) is 3.13. The molecule has 0 aliphatic carbocycles. The van der Waals surface area contributed by atoms with Gasteiger partial charge in [-0.15, -0.1) is 0 Å². The second kappa shape index (κ2) is 3.57. The van der Waals surface area contributed by atoms with E-state index in [1.54, 1.807) is 6.20 Å². The minimum atomic E-state index is 0.685. The topological polar surface area (TPSA) is 43.6 Å². The summed E-state index contributed by atoms with van der Waals surface area (Å²) < 4.78 is 1.90. The Balaban J connectivity index is 2.44. The zero-order chi connectivity index (χ0) is 9.97. The molecule has 2 heterocycles. The number of nitrogens with zero attached hydrogens (tertiary/aromatic N) is 4. The average molecular weight is 188 g/mol. The molecule has 2 rings (SSSR count). The quantitative estimate of drug-likeness (QED) is 0.717. The lowest BCUT2D eigenvalue weighted by Gasteiger charge is -2.03. The van der Waals surface area contributed by atoms with Crippen molar-refractivity contribution >= 4 is 0 Å². The zero-order valence-electron chi connectivity index (χ0n) is 8.31. The van der Waals surface area contributed by atoms with Crippen LogP contribution in [0.25, 0.3) is 5.95 Å². The third-order valence-corrected chi connectivity index (χ3v) is 2.02. The van der Waals surface area contributed by atoms with E-state index in [-0.39, 0.29) is 0 Å². The van der Waals surface area contributed by atoms with E-state index in [9.17, 15) is 0 Å². The number of rotatable bonds is 2. The van der Waals surface area contributed by atoms with E-state index >= 15 is 0 Å². The Morgan fingerprint density at radius 1 is 1.21 bits per heavy atom. The summed E-state index contributed by atoms with van der Waals surface area (Å²) >= 11 is 0. The molecule has 0 saturated carbocycles. The van der Waals surface area contributed by atoms with Crippen molar-refractivity contribution in [1.29, 1.82) is 0 Å². The van der Waals surface area contributed by atoms with Crippen LogP contribution in [0.3, 0.4) is 0 Å². The summed E-state index contributed by atoms with van der Waals surface area (Å²) in [6.07, 6.45) is 8.14. The maximum Gasteiger partial charge on any atom is 0.235 e. The van der Waals surface area contributed by atoms with Crippen LogP contribution < -0.4 is 0 Å². The van der Waals surface area contributed by atoms with Gasteiger partial charge in [-0.3, -0.25) is 4.57 Å². The van der Waals surface area contributed by atoms with Gasteiger partial charge in [0.05, 0.1) is 0 Å². The summed E-state index contributed by atoms with van der Waals surface area (Å²) in [6, 6.07) is 0. The van der Waals surface area contributed by atoms with Crippen LogP contribution in [0.4, 0.5) is 0 Å². The molecule has 2 aromatic heterocycles. The van der Waals surface area contributed by atoms with Crippen molar-refractivity contribution in [2.24, 2.45) is 0 Å². The van der Waals surface area contributed by atoms with Crippen molar-refractivity contribution < 1.29 is 0 Å². The van der Waals surface area contributed by atoms with Crippen LogP contribution in [-0.2, 0) is 6.42 Å². The van der Waals surface area contributed by atoms with E-state index < -0.39 is 0 Å². The van der Waals surface area contributed by atoms with Crippen molar-refractivity contribution in [1.82, 2.24) is 19.5 Å². The molecule has 0 spiro atoms. The van der Waals surface area contributed by atoms with Gasteiger partial charge >= 0.3 is 0 Å². The van der Waals surface area contributed by atoms with Crippen molar-refractivity contribution in [3.63, 3.8) is 0 Å². The van der Waals surface area contributed by atoms with Gasteiger partial charge in [0.25, 0.3) is 0 Å². The van der Waals surface area contributed by atoms with Crippen LogP contribution in [0, 0.1) is 6.92 Å². The lowest BCUT2D eigenvalue weighted by molar-refractivity contribution is 0.833. The fourth-order valence-corrected chi connectivity index (χ4v) is 1.29. The number of aromatic nitrogens is 4. The molecule has 0 unspecified atom stereocenters. The Morgan fingerprint density at radius 3 is 2.57 bits per heavy atom. The lowest BCUT2D eigenvalue weighted by Crippen LogP contribution is -2.03. The van der Waals surface area contributed by atoms with Gasteiger partial charge < -0.3 is 0 Å². The first-order valence-electron chi connectivity index (χ1n) is 4.62. The Kier molecular flexibility index (Phi) is 2.26. The lowest BCUT2D eigenvalue weighted by atomic mass is 10.4. The van der Waals surface area contributed by atoms with Gasteiger partial charge in [-0.05, 0) is 12.5 Å². The molecule has 0 amide bonds. The van der Waals surface area contributed by atoms with Gasteiger partial charge in [0.1, 0.15) is 5.82 Å². The molecular weight excluding hydrogens is 176 g/mol. The second-order valence-corrected chi connectivity index (χ2v) is 3.13. The molecule has 0 aliphatic heterocycles. The summed E-state index contributed by atoms with van der Waals surface area (Å²) in [7, 11) is 0. The summed E-state index contributed by atoms with van der Waals surface area (Å²) in [5.41, 5.74) is 1.06. The standard InChI is InChI=1S/C10H12N4/c1-3-9-11-4-5-14(9)10-12-6-8(2)7-13-10/h4-7H,3H2,1-2H3. The highest BCUT2D eigenvalue weighted by Gasteiger charge is 2.04. The first-order chi connectivity index (χ1) is 6.81. The summed E-state index contributed by atoms with van der Waals surface area (Å²) in [6.45, 7) is 4.03. The minimum Gasteiger partial charge on any atom is -0.272 e. The van der Waals surface area contributed by atoms with Crippen LogP contribution >= 0.6 is 0 Å². The van der Waals surface area contributed by atoms with Crippen molar-refractivity contribution in [3.8, 4) is 5.95 Å². The molecule has 2 aromatic rings. The molecular formula is C10H12N4. The highest BCUT2D eigenvalue weighted by Crippen LogP contribution is 2.05. The fourth-order valence-electron chi connectivity index (χ4n) is 1.29. The first-order valence-corrected chi connectivity index (χ1v) is 4.62. The van der Waals surface area contributed by atoms with Crippen molar-refractivity contribution in [2.45, 2.75) is 20.3 Å². The molecule has 4 heteroatoms. The van der Waals surface area contributed by atoms with Gasteiger partial charge in [-0.1, -0.05) is 6.92 Å². The van der Waals surface area contributed by atoms with E-state index in [0.29, 0.717) is 5.95 Å². The van der Waals surface area contributed by atoms with Gasteiger partial charge in [-0.2, -0.15) is 0 Å². The molecule has 4 nitrogen and oxygen atoms in total. The molecule has 0 atom stereocenters. The molecule has 72 valence electrons. The predicted molar refractivity (Wildman–Crippen MR) is 53.3 cm³/mol. The third kappa shape index (κ3) is 1.51. The van der Waals surface area contributed by atoms with E-state index in [1.165, 1.54) is 0 Å². The molecule has 0 N–H and O–H groups in total. The number of hydrogen-bond acceptors (Lipinski definition) is 3. The summed E-state index contributed by atoms with van der Waals surface area (Å²) in [5.74, 6) is 1.67. The highest BCUT2D eigenvalue weighted by molar-refractivity contribution is 5.16. The molecule has 0 bridgehead atoms. The van der Waals surface area contributed by atoms with Gasteiger partial charge in [0.2, 0.25) is 5.95 Å². The van der Waals surface area contributed by atoms with Crippen LogP contribution in [0.2, 0.25) is 0 Å². The molecule has 0 fully saturated rings. The third-order valence-electron chi connectivity index (χ3n) is 2.02. The Bertz CT molecular complexity index is 416. The largest absolute Gasteiger partial charge is 0.272 e. The Labute approximate surface area is 82.7 Å². The molecule has 0 aromatic carbocycles. The Morgan fingerprint density at radius 2 is 1.93 bits per heavy atom.